The van der Waals surface area contributed by atoms with Crippen molar-refractivity contribution >= 4 is 17.8 Å². The summed E-state index contributed by atoms with van der Waals surface area (Å²) in [5.41, 5.74) is 4.12. The van der Waals surface area contributed by atoms with Gasteiger partial charge in [-0.15, -0.1) is 0 Å². The number of esters is 1. The van der Waals surface area contributed by atoms with Crippen LogP contribution in [-0.2, 0) is 20.7 Å². The van der Waals surface area contributed by atoms with Crippen LogP contribution in [0.25, 0.3) is 11.1 Å². The molecule has 30 heavy (non-hydrogen) atoms. The maximum absolute atomic E-state index is 12.2. The van der Waals surface area contributed by atoms with Crippen molar-refractivity contribution in [3.8, 4) is 16.9 Å². The first-order valence-electron chi connectivity index (χ1n) is 9.82. The number of hydrogen-bond acceptors (Lipinski definition) is 5. The molecule has 7 nitrogen and oxygen atoms in total. The van der Waals surface area contributed by atoms with Crippen molar-refractivity contribution in [1.29, 1.82) is 0 Å². The number of benzene rings is 2. The number of amides is 2. The number of hydrogen-bond donors (Lipinski definition) is 2. The van der Waals surface area contributed by atoms with Crippen LogP contribution in [0.1, 0.15) is 35.3 Å². The number of methoxy groups -OCH3 is 1. The molecule has 0 aromatic heterocycles. The molecule has 2 unspecified atom stereocenters. The number of rotatable bonds is 6. The summed E-state index contributed by atoms with van der Waals surface area (Å²) in [6.07, 6.45) is 0.401. The van der Waals surface area contributed by atoms with Gasteiger partial charge in [0, 0.05) is 18.9 Å². The Labute approximate surface area is 175 Å². The molecule has 2 aromatic rings. The lowest BCUT2D eigenvalue weighted by Gasteiger charge is -2.17. The molecule has 0 saturated carbocycles. The molecular formula is C23H26N2O5. The molecule has 0 radical (unpaired) electrons. The number of fused-ring (bicyclic) bond motifs is 1. The summed E-state index contributed by atoms with van der Waals surface area (Å²) in [5, 5.41) is 5.38. The zero-order valence-electron chi connectivity index (χ0n) is 17.6. The predicted molar refractivity (Wildman–Crippen MR) is 112 cm³/mol. The largest absolute Gasteiger partial charge is 0.487 e. The minimum absolute atomic E-state index is 0.237. The van der Waals surface area contributed by atoms with Crippen molar-refractivity contribution < 1.29 is 23.9 Å². The highest BCUT2D eigenvalue weighted by Gasteiger charge is 2.28. The normalized spacial score (nSPS) is 15.5. The Kier molecular flexibility index (Phi) is 6.40. The van der Waals surface area contributed by atoms with Gasteiger partial charge in [-0.2, -0.15) is 0 Å². The van der Waals surface area contributed by atoms with Crippen molar-refractivity contribution in [2.24, 2.45) is 0 Å². The van der Waals surface area contributed by atoms with Crippen LogP contribution >= 0.6 is 0 Å². The van der Waals surface area contributed by atoms with E-state index in [4.69, 9.17) is 9.47 Å². The maximum atomic E-state index is 12.2. The number of carbonyl (C=O) groups is 3. The Bertz CT molecular complexity index is 986. The Morgan fingerprint density at radius 3 is 2.63 bits per heavy atom. The highest BCUT2D eigenvalue weighted by molar-refractivity contribution is 5.98. The Morgan fingerprint density at radius 1 is 1.20 bits per heavy atom. The summed E-state index contributed by atoms with van der Waals surface area (Å²) in [7, 11) is 1.36. The lowest BCUT2D eigenvalue weighted by Crippen LogP contribution is -2.46. The average molecular weight is 410 g/mol. The molecule has 0 fully saturated rings. The first kappa shape index (κ1) is 21.4. The molecule has 2 amide bonds. The van der Waals surface area contributed by atoms with E-state index in [9.17, 15) is 14.4 Å². The fourth-order valence-electron chi connectivity index (χ4n) is 3.65. The molecule has 0 aliphatic carbocycles. The van der Waals surface area contributed by atoms with Crippen LogP contribution < -0.4 is 15.4 Å². The molecule has 0 saturated heterocycles. The zero-order chi connectivity index (χ0) is 21.8. The zero-order valence-corrected chi connectivity index (χ0v) is 17.6. The van der Waals surface area contributed by atoms with Crippen LogP contribution in [0.15, 0.2) is 36.4 Å². The summed E-state index contributed by atoms with van der Waals surface area (Å²) < 4.78 is 11.1. The summed E-state index contributed by atoms with van der Waals surface area (Å²) >= 11 is 0. The number of carbonyl (C=O) groups excluding carboxylic acids is 3. The Balaban J connectivity index is 1.81. The quantitative estimate of drug-likeness (QED) is 0.714. The van der Waals surface area contributed by atoms with E-state index >= 15 is 0 Å². The second-order valence-corrected chi connectivity index (χ2v) is 7.45. The van der Waals surface area contributed by atoms with E-state index in [0.29, 0.717) is 24.3 Å². The molecule has 1 aliphatic rings. The van der Waals surface area contributed by atoms with Gasteiger partial charge in [-0.3, -0.25) is 9.59 Å². The van der Waals surface area contributed by atoms with Crippen molar-refractivity contribution in [3.63, 3.8) is 0 Å². The number of aryl methyl sites for hydroxylation is 1. The summed E-state index contributed by atoms with van der Waals surface area (Å²) in [5.74, 6) is -0.218. The molecule has 2 N–H and O–H groups in total. The van der Waals surface area contributed by atoms with Gasteiger partial charge >= 0.3 is 5.97 Å². The first-order chi connectivity index (χ1) is 14.3. The van der Waals surface area contributed by atoms with Gasteiger partial charge in [0.05, 0.1) is 19.2 Å². The first-order valence-corrected chi connectivity index (χ1v) is 9.82. The van der Waals surface area contributed by atoms with E-state index in [1.54, 1.807) is 19.1 Å². The van der Waals surface area contributed by atoms with Crippen molar-refractivity contribution in [1.82, 2.24) is 10.6 Å². The molecule has 158 valence electrons. The van der Waals surface area contributed by atoms with E-state index in [2.05, 4.69) is 16.7 Å². The Morgan fingerprint density at radius 2 is 1.93 bits per heavy atom. The van der Waals surface area contributed by atoms with Crippen LogP contribution in [0.3, 0.4) is 0 Å². The SMILES string of the molecule is COC(=O)c1ccccc1-c1cc(C)cc2c1OC(CNC(=O)C(C)NC(C)=O)C2. The predicted octanol–water partition coefficient (Wildman–Crippen LogP) is 2.39. The molecule has 3 rings (SSSR count). The second kappa shape index (κ2) is 8.98. The summed E-state index contributed by atoms with van der Waals surface area (Å²) in [6, 6.07) is 10.7. The smallest absolute Gasteiger partial charge is 0.338 e. The van der Waals surface area contributed by atoms with Crippen LogP contribution in [0, 0.1) is 6.92 Å². The minimum Gasteiger partial charge on any atom is -0.487 e. The molecule has 1 aliphatic heterocycles. The maximum Gasteiger partial charge on any atom is 0.338 e. The van der Waals surface area contributed by atoms with Gasteiger partial charge in [-0.1, -0.05) is 24.3 Å². The van der Waals surface area contributed by atoms with Gasteiger partial charge in [0.15, 0.2) is 0 Å². The molecule has 0 bridgehead atoms. The third kappa shape index (κ3) is 4.62. The van der Waals surface area contributed by atoms with Crippen LogP contribution in [0.2, 0.25) is 0 Å². The second-order valence-electron chi connectivity index (χ2n) is 7.45. The summed E-state index contributed by atoms with van der Waals surface area (Å²) in [4.78, 5) is 35.5. The van der Waals surface area contributed by atoms with Crippen molar-refractivity contribution in [3.05, 3.63) is 53.1 Å². The van der Waals surface area contributed by atoms with Crippen molar-refractivity contribution in [2.45, 2.75) is 39.3 Å². The van der Waals surface area contributed by atoms with Gasteiger partial charge in [-0.05, 0) is 42.7 Å². The molecular weight excluding hydrogens is 384 g/mol. The van der Waals surface area contributed by atoms with Crippen LogP contribution in [-0.4, -0.2) is 43.6 Å². The van der Waals surface area contributed by atoms with Gasteiger partial charge in [-0.25, -0.2) is 4.79 Å². The third-order valence-corrected chi connectivity index (χ3v) is 4.98. The van der Waals surface area contributed by atoms with E-state index in [-0.39, 0.29) is 17.9 Å². The third-order valence-electron chi connectivity index (χ3n) is 4.98. The molecule has 2 aromatic carbocycles. The van der Waals surface area contributed by atoms with E-state index < -0.39 is 12.0 Å². The minimum atomic E-state index is -0.615. The lowest BCUT2D eigenvalue weighted by atomic mass is 9.94. The lowest BCUT2D eigenvalue weighted by molar-refractivity contribution is -0.127. The van der Waals surface area contributed by atoms with E-state index in [1.165, 1.54) is 14.0 Å². The van der Waals surface area contributed by atoms with Crippen LogP contribution in [0.4, 0.5) is 0 Å². The van der Waals surface area contributed by atoms with E-state index in [1.807, 2.05) is 25.1 Å². The summed E-state index contributed by atoms with van der Waals surface area (Å²) in [6.45, 7) is 5.31. The average Bonchev–Trinajstić information content (AvgIpc) is 3.12. The van der Waals surface area contributed by atoms with Gasteiger partial charge in [0.2, 0.25) is 11.8 Å². The molecule has 2 atom stereocenters. The molecule has 7 heteroatoms. The van der Waals surface area contributed by atoms with Crippen molar-refractivity contribution in [2.75, 3.05) is 13.7 Å². The Hall–Kier alpha value is -3.35. The highest BCUT2D eigenvalue weighted by Crippen LogP contribution is 2.41. The van der Waals surface area contributed by atoms with Gasteiger partial charge in [0.1, 0.15) is 17.9 Å². The van der Waals surface area contributed by atoms with Gasteiger partial charge in [0.25, 0.3) is 0 Å². The molecule has 0 spiro atoms. The standard InChI is InChI=1S/C23H26N2O5/c1-13-9-16-11-17(12-24-22(27)14(2)25-15(3)26)30-21(16)20(10-13)18-7-5-6-8-19(18)23(28)29-4/h5-10,14,17H,11-12H2,1-4H3,(H,24,27)(H,25,26). The molecule has 1 heterocycles. The van der Waals surface area contributed by atoms with Crippen LogP contribution in [0.5, 0.6) is 5.75 Å². The highest BCUT2D eigenvalue weighted by atomic mass is 16.5. The fourth-order valence-corrected chi connectivity index (χ4v) is 3.65. The van der Waals surface area contributed by atoms with Gasteiger partial charge < -0.3 is 20.1 Å². The number of ether oxygens (including phenoxy) is 2. The van der Waals surface area contributed by atoms with E-state index in [0.717, 1.165) is 22.3 Å². The topological polar surface area (TPSA) is 93.7 Å². The monoisotopic (exact) mass is 410 g/mol. The number of nitrogens with one attached hydrogen (secondary N) is 2. The fraction of sp³-hybridized carbons (Fsp3) is 0.348.